The molecule has 1 fully saturated rings. The van der Waals surface area contributed by atoms with Crippen molar-refractivity contribution >= 4 is 12.3 Å². The fourth-order valence-electron chi connectivity index (χ4n) is 2.31. The van der Waals surface area contributed by atoms with Gasteiger partial charge in [-0.05, 0) is 44.0 Å². The minimum atomic E-state index is -0.296. The molecule has 1 aromatic heterocycles. The highest BCUT2D eigenvalue weighted by molar-refractivity contribution is 5.35. The largest absolute Gasteiger partial charge is 0.483 e. The Hall–Kier alpha value is -1.73. The van der Waals surface area contributed by atoms with Gasteiger partial charge >= 0.3 is 0 Å². The SMILES string of the molecule is O=CO.OCCN1CCC(CNc2ncccc2F)CC1. The smallest absolute Gasteiger partial charge is 0.290 e. The highest BCUT2D eigenvalue weighted by Crippen LogP contribution is 2.18. The second-order valence-electron chi connectivity index (χ2n) is 4.83. The summed E-state index contributed by atoms with van der Waals surface area (Å²) >= 11 is 0. The predicted octanol–water partition coefficient (Wildman–Crippen LogP) is 1.04. The van der Waals surface area contributed by atoms with Crippen LogP contribution < -0.4 is 5.32 Å². The lowest BCUT2D eigenvalue weighted by Crippen LogP contribution is -2.37. The molecule has 2 heterocycles. The lowest BCUT2D eigenvalue weighted by atomic mass is 9.97. The van der Waals surface area contributed by atoms with Gasteiger partial charge in [0.05, 0.1) is 6.61 Å². The molecule has 0 aromatic carbocycles. The second kappa shape index (κ2) is 10.1. The maximum atomic E-state index is 13.3. The van der Waals surface area contributed by atoms with Crippen molar-refractivity contribution in [3.8, 4) is 0 Å². The van der Waals surface area contributed by atoms with E-state index in [9.17, 15) is 4.39 Å². The second-order valence-corrected chi connectivity index (χ2v) is 4.83. The van der Waals surface area contributed by atoms with Crippen molar-refractivity contribution in [1.82, 2.24) is 9.88 Å². The number of piperidine rings is 1. The minimum absolute atomic E-state index is 0.224. The molecule has 0 bridgehead atoms. The van der Waals surface area contributed by atoms with Crippen LogP contribution in [-0.2, 0) is 4.79 Å². The number of nitrogens with zero attached hydrogens (tertiary/aromatic N) is 2. The van der Waals surface area contributed by atoms with Crippen molar-refractivity contribution in [2.45, 2.75) is 12.8 Å². The van der Waals surface area contributed by atoms with Crippen LogP contribution in [0.25, 0.3) is 0 Å². The van der Waals surface area contributed by atoms with Gasteiger partial charge in [-0.1, -0.05) is 0 Å². The van der Waals surface area contributed by atoms with Crippen molar-refractivity contribution in [1.29, 1.82) is 0 Å². The van der Waals surface area contributed by atoms with Gasteiger partial charge in [-0.2, -0.15) is 0 Å². The molecule has 0 unspecified atom stereocenters. The molecule has 1 aromatic rings. The van der Waals surface area contributed by atoms with E-state index in [1.54, 1.807) is 12.3 Å². The quantitative estimate of drug-likeness (QED) is 0.704. The summed E-state index contributed by atoms with van der Waals surface area (Å²) in [5.74, 6) is 0.604. The van der Waals surface area contributed by atoms with Gasteiger partial charge < -0.3 is 20.4 Å². The zero-order chi connectivity index (χ0) is 15.5. The molecule has 6 nitrogen and oxygen atoms in total. The summed E-state index contributed by atoms with van der Waals surface area (Å²) in [6.07, 6.45) is 3.76. The van der Waals surface area contributed by atoms with Crippen LogP contribution in [0.2, 0.25) is 0 Å². The van der Waals surface area contributed by atoms with Crippen molar-refractivity contribution < 1.29 is 19.4 Å². The third kappa shape index (κ3) is 6.50. The Morgan fingerprint density at radius 2 is 2.14 bits per heavy atom. The number of nitrogens with one attached hydrogen (secondary N) is 1. The van der Waals surface area contributed by atoms with Gasteiger partial charge in [0.15, 0.2) is 11.6 Å². The fourth-order valence-corrected chi connectivity index (χ4v) is 2.31. The standard InChI is InChI=1S/C13H20FN3O.CH2O2/c14-12-2-1-5-15-13(12)16-10-11-3-6-17(7-4-11)8-9-18;2-1-3/h1-2,5,11,18H,3-4,6-10H2,(H,15,16);1H,(H,2,3). The molecule has 21 heavy (non-hydrogen) atoms. The Kier molecular flexibility index (Phi) is 8.30. The van der Waals surface area contributed by atoms with Crippen molar-refractivity contribution in [3.05, 3.63) is 24.1 Å². The fraction of sp³-hybridized carbons (Fsp3) is 0.571. The van der Waals surface area contributed by atoms with E-state index in [2.05, 4.69) is 15.2 Å². The number of anilines is 1. The minimum Gasteiger partial charge on any atom is -0.483 e. The lowest BCUT2D eigenvalue weighted by Gasteiger charge is -2.31. The molecule has 1 aliphatic rings. The van der Waals surface area contributed by atoms with Crippen molar-refractivity contribution in [2.24, 2.45) is 5.92 Å². The van der Waals surface area contributed by atoms with E-state index in [4.69, 9.17) is 15.0 Å². The number of pyridine rings is 1. The molecule has 0 saturated carbocycles. The van der Waals surface area contributed by atoms with E-state index in [0.29, 0.717) is 11.7 Å². The van der Waals surface area contributed by atoms with E-state index in [-0.39, 0.29) is 18.9 Å². The molecule has 0 atom stereocenters. The molecule has 3 N–H and O–H groups in total. The zero-order valence-corrected chi connectivity index (χ0v) is 11.9. The number of β-amino-alcohol motifs (C(OH)–C–C–N with tert-alkyl or cyclic N) is 1. The molecule has 118 valence electrons. The van der Waals surface area contributed by atoms with Gasteiger partial charge in [0.25, 0.3) is 6.47 Å². The van der Waals surface area contributed by atoms with Crippen LogP contribution in [0.15, 0.2) is 18.3 Å². The Morgan fingerprint density at radius 3 is 2.71 bits per heavy atom. The van der Waals surface area contributed by atoms with Crippen LogP contribution >= 0.6 is 0 Å². The van der Waals surface area contributed by atoms with E-state index < -0.39 is 0 Å². The van der Waals surface area contributed by atoms with E-state index >= 15 is 0 Å². The number of carbonyl (C=O) groups is 1. The predicted molar refractivity (Wildman–Crippen MR) is 77.6 cm³/mol. The maximum absolute atomic E-state index is 13.3. The topological polar surface area (TPSA) is 85.7 Å². The van der Waals surface area contributed by atoms with Gasteiger partial charge in [-0.25, -0.2) is 9.37 Å². The summed E-state index contributed by atoms with van der Waals surface area (Å²) in [6, 6.07) is 3.01. The Balaban J connectivity index is 0.000000677. The molecule has 1 saturated heterocycles. The number of halogens is 1. The molecule has 7 heteroatoms. The Labute approximate surface area is 123 Å². The van der Waals surface area contributed by atoms with Crippen LogP contribution in [0.3, 0.4) is 0 Å². The first-order valence-corrected chi connectivity index (χ1v) is 6.96. The highest BCUT2D eigenvalue weighted by atomic mass is 19.1. The Bertz CT molecular complexity index is 412. The van der Waals surface area contributed by atoms with Gasteiger partial charge in [-0.15, -0.1) is 0 Å². The summed E-state index contributed by atoms with van der Waals surface area (Å²) < 4.78 is 13.3. The first-order chi connectivity index (χ1) is 10.2. The van der Waals surface area contributed by atoms with E-state index in [1.165, 1.54) is 6.07 Å². The molecule has 2 rings (SSSR count). The maximum Gasteiger partial charge on any atom is 0.290 e. The number of aliphatic hydroxyl groups is 1. The van der Waals surface area contributed by atoms with E-state index in [0.717, 1.165) is 39.0 Å². The highest BCUT2D eigenvalue weighted by Gasteiger charge is 2.18. The first-order valence-electron chi connectivity index (χ1n) is 6.96. The van der Waals surface area contributed by atoms with Crippen LogP contribution in [-0.4, -0.2) is 59.4 Å². The molecule has 0 radical (unpaired) electrons. The number of likely N-dealkylation sites (tertiary alicyclic amines) is 1. The number of aliphatic hydroxyl groups excluding tert-OH is 1. The van der Waals surface area contributed by atoms with Gasteiger partial charge in [0, 0.05) is 19.3 Å². The number of aromatic nitrogens is 1. The van der Waals surface area contributed by atoms with Crippen LogP contribution in [0.5, 0.6) is 0 Å². The van der Waals surface area contributed by atoms with Gasteiger partial charge in [-0.3, -0.25) is 4.79 Å². The summed E-state index contributed by atoms with van der Waals surface area (Å²) in [5, 5.41) is 18.8. The third-order valence-electron chi connectivity index (χ3n) is 3.44. The van der Waals surface area contributed by atoms with Crippen LogP contribution in [0, 0.1) is 11.7 Å². The van der Waals surface area contributed by atoms with E-state index in [1.807, 2.05) is 0 Å². The monoisotopic (exact) mass is 299 g/mol. The number of hydrogen-bond donors (Lipinski definition) is 3. The molecular formula is C14H22FN3O3. The summed E-state index contributed by atoms with van der Waals surface area (Å²) in [4.78, 5) is 14.6. The van der Waals surface area contributed by atoms with Crippen LogP contribution in [0.1, 0.15) is 12.8 Å². The molecule has 0 amide bonds. The third-order valence-corrected chi connectivity index (χ3v) is 3.44. The molecule has 1 aliphatic heterocycles. The molecule has 0 aliphatic carbocycles. The number of hydrogen-bond acceptors (Lipinski definition) is 5. The van der Waals surface area contributed by atoms with Crippen molar-refractivity contribution in [3.63, 3.8) is 0 Å². The number of carboxylic acid groups (broad SMARTS) is 1. The normalized spacial score (nSPS) is 15.9. The summed E-state index contributed by atoms with van der Waals surface area (Å²) in [7, 11) is 0. The van der Waals surface area contributed by atoms with Gasteiger partial charge in [0.1, 0.15) is 0 Å². The average Bonchev–Trinajstić information content (AvgIpc) is 2.49. The molecule has 0 spiro atoms. The van der Waals surface area contributed by atoms with Crippen LogP contribution in [0.4, 0.5) is 10.2 Å². The summed E-state index contributed by atoms with van der Waals surface area (Å²) in [6.45, 7) is 3.52. The number of rotatable bonds is 5. The average molecular weight is 299 g/mol. The lowest BCUT2D eigenvalue weighted by molar-refractivity contribution is -0.122. The first kappa shape index (κ1) is 17.3. The zero-order valence-electron chi connectivity index (χ0n) is 11.9. The van der Waals surface area contributed by atoms with Gasteiger partial charge in [0.2, 0.25) is 0 Å². The van der Waals surface area contributed by atoms with Crippen molar-refractivity contribution in [2.75, 3.05) is 38.1 Å². The molecular weight excluding hydrogens is 277 g/mol. The summed E-state index contributed by atoms with van der Waals surface area (Å²) in [5.41, 5.74) is 0. The Morgan fingerprint density at radius 1 is 1.48 bits per heavy atom.